The molecule has 0 fully saturated rings. The quantitative estimate of drug-likeness (QED) is 0.579. The van der Waals surface area contributed by atoms with Gasteiger partial charge >= 0.3 is 0 Å². The van der Waals surface area contributed by atoms with E-state index in [4.69, 9.17) is 5.73 Å². The Balaban J connectivity index is 2.80. The Morgan fingerprint density at radius 1 is 1.38 bits per heavy atom. The molecule has 5 heteroatoms. The van der Waals surface area contributed by atoms with Crippen LogP contribution < -0.4 is 5.73 Å². The van der Waals surface area contributed by atoms with E-state index < -0.39 is 0 Å². The molecule has 0 amide bonds. The van der Waals surface area contributed by atoms with E-state index in [1.807, 2.05) is 0 Å². The van der Waals surface area contributed by atoms with Crippen molar-refractivity contribution in [3.8, 4) is 12.0 Å². The Morgan fingerprint density at radius 3 is 3.00 bits per heavy atom. The molecule has 5 nitrogen and oxygen atoms in total. The third-order valence-corrected chi connectivity index (χ3v) is 1.59. The number of hydrogen-bond acceptors (Lipinski definition) is 4. The molecule has 2 rings (SSSR count). The third kappa shape index (κ3) is 1.08. The van der Waals surface area contributed by atoms with Crippen LogP contribution in [0.2, 0.25) is 0 Å². The minimum absolute atomic E-state index is 0.377. The van der Waals surface area contributed by atoms with Crippen molar-refractivity contribution in [1.82, 2.24) is 19.5 Å². The second-order valence-corrected chi connectivity index (χ2v) is 2.41. The molecule has 2 heterocycles. The van der Waals surface area contributed by atoms with E-state index >= 15 is 0 Å². The molecule has 0 aliphatic rings. The number of aromatic nitrogens is 4. The number of fused-ring (bicyclic) bond motifs is 1. The first-order valence-electron chi connectivity index (χ1n) is 3.69. The van der Waals surface area contributed by atoms with Gasteiger partial charge in [-0.3, -0.25) is 0 Å². The lowest BCUT2D eigenvalue weighted by Gasteiger charge is -1.92. The highest BCUT2D eigenvalue weighted by Gasteiger charge is 2.04. The van der Waals surface area contributed by atoms with Gasteiger partial charge < -0.3 is 5.73 Å². The molecular formula is C8H7N5. The smallest absolute Gasteiger partial charge is 0.177 e. The molecule has 0 radical (unpaired) electrons. The monoisotopic (exact) mass is 173 g/mol. The summed E-state index contributed by atoms with van der Waals surface area (Å²) in [5, 5.41) is 0. The zero-order chi connectivity index (χ0) is 9.26. The number of anilines is 1. The van der Waals surface area contributed by atoms with E-state index in [-0.39, 0.29) is 0 Å². The van der Waals surface area contributed by atoms with Crippen LogP contribution in [0.5, 0.6) is 0 Å². The van der Waals surface area contributed by atoms with Crippen LogP contribution in [0.25, 0.3) is 11.2 Å². The van der Waals surface area contributed by atoms with Crippen molar-refractivity contribution in [3.05, 3.63) is 12.7 Å². The summed E-state index contributed by atoms with van der Waals surface area (Å²) in [6.07, 6.45) is 2.97. The molecule has 0 bridgehead atoms. The fraction of sp³-hybridized carbons (Fsp3) is 0.125. The van der Waals surface area contributed by atoms with E-state index in [0.717, 1.165) is 0 Å². The fourth-order valence-corrected chi connectivity index (χ4v) is 1.06. The highest BCUT2D eigenvalue weighted by atomic mass is 15.1. The Morgan fingerprint density at radius 2 is 2.23 bits per heavy atom. The first-order chi connectivity index (χ1) is 6.33. The van der Waals surface area contributed by atoms with Gasteiger partial charge in [-0.1, -0.05) is 5.92 Å². The molecule has 0 spiro atoms. The highest BCUT2D eigenvalue weighted by molar-refractivity contribution is 5.81. The summed E-state index contributed by atoms with van der Waals surface area (Å²) < 4.78 is 1.62. The van der Waals surface area contributed by atoms with Crippen LogP contribution in [0.4, 0.5) is 5.82 Å². The summed E-state index contributed by atoms with van der Waals surface area (Å²) in [4.78, 5) is 11.9. The molecule has 0 saturated heterocycles. The highest BCUT2D eigenvalue weighted by Crippen LogP contribution is 2.12. The maximum absolute atomic E-state index is 5.59. The number of nitrogens with zero attached hydrogens (tertiary/aromatic N) is 4. The van der Waals surface area contributed by atoms with Gasteiger partial charge in [-0.05, 0) is 6.92 Å². The van der Waals surface area contributed by atoms with Crippen molar-refractivity contribution < 1.29 is 0 Å². The summed E-state index contributed by atoms with van der Waals surface area (Å²) in [5.41, 5.74) is 6.82. The van der Waals surface area contributed by atoms with Gasteiger partial charge in [0.25, 0.3) is 0 Å². The molecule has 0 aliphatic carbocycles. The minimum Gasteiger partial charge on any atom is -0.382 e. The summed E-state index contributed by atoms with van der Waals surface area (Å²) in [5.74, 6) is 3.13. The average molecular weight is 173 g/mol. The molecule has 2 N–H and O–H groups in total. The van der Waals surface area contributed by atoms with Crippen molar-refractivity contribution in [2.75, 3.05) is 5.73 Å². The number of rotatable bonds is 0. The molecule has 0 aliphatic heterocycles. The first kappa shape index (κ1) is 7.55. The van der Waals surface area contributed by atoms with Gasteiger partial charge in [-0.15, -0.1) is 0 Å². The molecule has 2 aromatic heterocycles. The number of hydrogen-bond donors (Lipinski definition) is 1. The lowest BCUT2D eigenvalue weighted by atomic mass is 10.5. The zero-order valence-electron chi connectivity index (χ0n) is 7.02. The predicted octanol–water partition coefficient (Wildman–Crippen LogP) is 0.237. The van der Waals surface area contributed by atoms with Gasteiger partial charge in [0.1, 0.15) is 12.7 Å². The van der Waals surface area contributed by atoms with Crippen molar-refractivity contribution >= 4 is 17.0 Å². The topological polar surface area (TPSA) is 69.6 Å². The molecule has 13 heavy (non-hydrogen) atoms. The zero-order valence-corrected chi connectivity index (χ0v) is 7.02. The summed E-state index contributed by atoms with van der Waals surface area (Å²) >= 11 is 0. The van der Waals surface area contributed by atoms with Crippen LogP contribution in [0, 0.1) is 12.0 Å². The van der Waals surface area contributed by atoms with Crippen molar-refractivity contribution in [1.29, 1.82) is 0 Å². The third-order valence-electron chi connectivity index (χ3n) is 1.59. The molecule has 0 aromatic carbocycles. The van der Waals surface area contributed by atoms with Crippen molar-refractivity contribution in [2.24, 2.45) is 0 Å². The summed E-state index contributed by atoms with van der Waals surface area (Å²) in [6, 6.07) is 2.82. The molecule has 64 valence electrons. The second-order valence-electron chi connectivity index (χ2n) is 2.41. The van der Waals surface area contributed by atoms with Crippen LogP contribution >= 0.6 is 0 Å². The van der Waals surface area contributed by atoms with Gasteiger partial charge in [0.05, 0.1) is 0 Å². The van der Waals surface area contributed by atoms with E-state index in [1.165, 1.54) is 6.33 Å². The standard InChI is InChI=1S/C8H7N5/c1-2-3-13-5-12-6-7(9)10-4-11-8(6)13/h4-5H,1H3,(H2,9,10,11). The Kier molecular flexibility index (Phi) is 1.60. The van der Waals surface area contributed by atoms with Crippen LogP contribution in [-0.4, -0.2) is 19.5 Å². The minimum atomic E-state index is 0.377. The Hall–Kier alpha value is -2.09. The first-order valence-corrected chi connectivity index (χ1v) is 3.69. The van der Waals surface area contributed by atoms with E-state index in [1.54, 1.807) is 17.8 Å². The van der Waals surface area contributed by atoms with Gasteiger partial charge in [0.15, 0.2) is 17.0 Å². The number of imidazole rings is 1. The van der Waals surface area contributed by atoms with Crippen LogP contribution in [0.1, 0.15) is 6.92 Å². The average Bonchev–Trinajstić information content (AvgIpc) is 2.51. The van der Waals surface area contributed by atoms with E-state index in [2.05, 4.69) is 26.9 Å². The Labute approximate surface area is 74.6 Å². The van der Waals surface area contributed by atoms with E-state index in [0.29, 0.717) is 17.0 Å². The summed E-state index contributed by atoms with van der Waals surface area (Å²) in [7, 11) is 0. The lowest BCUT2D eigenvalue weighted by Crippen LogP contribution is -1.94. The fourth-order valence-electron chi connectivity index (χ4n) is 1.06. The van der Waals surface area contributed by atoms with Crippen molar-refractivity contribution in [3.63, 3.8) is 0 Å². The Bertz CT molecular complexity index is 502. The molecule has 2 aromatic rings. The predicted molar refractivity (Wildman–Crippen MR) is 48.6 cm³/mol. The van der Waals surface area contributed by atoms with Crippen LogP contribution in [0.15, 0.2) is 12.7 Å². The summed E-state index contributed by atoms with van der Waals surface area (Å²) in [6.45, 7) is 1.75. The largest absolute Gasteiger partial charge is 0.382 e. The number of nitrogen functional groups attached to an aromatic ring is 1. The van der Waals surface area contributed by atoms with Gasteiger partial charge in [0.2, 0.25) is 0 Å². The van der Waals surface area contributed by atoms with Crippen LogP contribution in [-0.2, 0) is 0 Å². The van der Waals surface area contributed by atoms with Crippen molar-refractivity contribution in [2.45, 2.75) is 6.92 Å². The molecule has 0 saturated carbocycles. The van der Waals surface area contributed by atoms with E-state index in [9.17, 15) is 0 Å². The van der Waals surface area contributed by atoms with Gasteiger partial charge in [0, 0.05) is 6.04 Å². The normalized spacial score (nSPS) is 9.62. The van der Waals surface area contributed by atoms with Crippen LogP contribution in [0.3, 0.4) is 0 Å². The number of nitrogens with two attached hydrogens (primary N) is 1. The maximum Gasteiger partial charge on any atom is 0.177 e. The SMILES string of the molecule is CC#Cn1cnc2c(N)ncnc21. The van der Waals surface area contributed by atoms with Gasteiger partial charge in [-0.25, -0.2) is 19.5 Å². The maximum atomic E-state index is 5.59. The molecular weight excluding hydrogens is 166 g/mol. The van der Waals surface area contributed by atoms with Gasteiger partial charge in [-0.2, -0.15) is 0 Å². The lowest BCUT2D eigenvalue weighted by molar-refractivity contribution is 1.11. The second kappa shape index (κ2) is 2.75. The molecule has 0 atom stereocenters. The molecule has 0 unspecified atom stereocenters.